The van der Waals surface area contributed by atoms with Crippen molar-refractivity contribution in [2.75, 3.05) is 31.5 Å². The molecule has 0 radical (unpaired) electrons. The molecule has 3 aromatic rings. The van der Waals surface area contributed by atoms with Crippen molar-refractivity contribution in [1.82, 2.24) is 14.8 Å². The molecule has 1 saturated heterocycles. The number of anilines is 1. The molecule has 36 heavy (non-hydrogen) atoms. The van der Waals surface area contributed by atoms with Crippen LogP contribution >= 0.6 is 0 Å². The summed E-state index contributed by atoms with van der Waals surface area (Å²) in [5, 5.41) is 17.7. The topological polar surface area (TPSA) is 132 Å². The van der Waals surface area contributed by atoms with Crippen molar-refractivity contribution >= 4 is 23.7 Å². The number of urea groups is 1. The minimum absolute atomic E-state index is 0.0704. The number of pyridine rings is 1. The zero-order valence-corrected chi connectivity index (χ0v) is 19.6. The number of ether oxygens (including phenoxy) is 1. The average Bonchev–Trinajstić information content (AvgIpc) is 2.90. The van der Waals surface area contributed by atoms with E-state index in [0.29, 0.717) is 19.7 Å². The highest BCUT2D eigenvalue weighted by Gasteiger charge is 2.21. The summed E-state index contributed by atoms with van der Waals surface area (Å²) in [4.78, 5) is 38.9. The maximum atomic E-state index is 12.4. The van der Waals surface area contributed by atoms with Crippen LogP contribution < -0.4 is 10.1 Å². The molecule has 10 nitrogen and oxygen atoms in total. The van der Waals surface area contributed by atoms with Gasteiger partial charge in [-0.15, -0.1) is 0 Å². The van der Waals surface area contributed by atoms with E-state index in [4.69, 9.17) is 24.5 Å². The van der Waals surface area contributed by atoms with Gasteiger partial charge in [0.2, 0.25) is 0 Å². The molecule has 1 aromatic heterocycles. The van der Waals surface area contributed by atoms with Gasteiger partial charge >= 0.3 is 18.0 Å². The molecule has 0 spiro atoms. The first-order valence-electron chi connectivity index (χ1n) is 11.3. The van der Waals surface area contributed by atoms with Crippen molar-refractivity contribution in [3.8, 4) is 5.75 Å². The maximum Gasteiger partial charge on any atom is 0.414 e. The molecule has 1 fully saturated rings. The third-order valence-corrected chi connectivity index (χ3v) is 5.31. The van der Waals surface area contributed by atoms with Crippen LogP contribution in [-0.2, 0) is 22.7 Å². The third-order valence-electron chi connectivity index (χ3n) is 5.31. The van der Waals surface area contributed by atoms with Crippen LogP contribution in [0.1, 0.15) is 11.1 Å². The fourth-order valence-corrected chi connectivity index (χ4v) is 3.48. The van der Waals surface area contributed by atoms with Crippen LogP contribution in [0.25, 0.3) is 0 Å². The Morgan fingerprint density at radius 2 is 1.56 bits per heavy atom. The largest absolute Gasteiger partial charge is 0.489 e. The lowest BCUT2D eigenvalue weighted by molar-refractivity contribution is -0.159. The van der Waals surface area contributed by atoms with E-state index in [1.54, 1.807) is 12.4 Å². The molecule has 2 aromatic carbocycles. The Balaban J connectivity index is 0.000000538. The molecule has 1 aliphatic rings. The molecular weight excluding hydrogens is 464 g/mol. The van der Waals surface area contributed by atoms with Crippen molar-refractivity contribution in [1.29, 1.82) is 0 Å². The quantitative estimate of drug-likeness (QED) is 0.447. The summed E-state index contributed by atoms with van der Waals surface area (Å²) in [5.41, 5.74) is 3.09. The first-order valence-corrected chi connectivity index (χ1v) is 11.3. The van der Waals surface area contributed by atoms with Crippen molar-refractivity contribution in [2.45, 2.75) is 13.2 Å². The number of piperazine rings is 1. The summed E-state index contributed by atoms with van der Waals surface area (Å²) in [7, 11) is 0. The fourth-order valence-electron chi connectivity index (χ4n) is 3.48. The number of nitrogens with zero attached hydrogens (tertiary/aromatic N) is 3. The molecule has 0 aliphatic carbocycles. The van der Waals surface area contributed by atoms with Crippen LogP contribution in [0.4, 0.5) is 10.5 Å². The van der Waals surface area contributed by atoms with Crippen LogP contribution in [0.2, 0.25) is 0 Å². The van der Waals surface area contributed by atoms with Crippen molar-refractivity contribution < 1.29 is 29.3 Å². The standard InChI is InChI=1S/C24H26N4O2.C2H2O4/c29-24(26-22-9-5-11-25-17-22)28-14-12-27(13-15-28)18-21-8-4-10-23(16-21)30-19-20-6-2-1-3-7-20;3-1(4)2(5)6/h1-11,16-17H,12-15,18-19H2,(H,26,29);(H,3,4)(H,5,6). The zero-order chi connectivity index (χ0) is 25.8. The molecule has 2 amide bonds. The van der Waals surface area contributed by atoms with Gasteiger partial charge in [-0.25, -0.2) is 14.4 Å². The Labute approximate surface area is 208 Å². The average molecular weight is 493 g/mol. The minimum atomic E-state index is -1.82. The number of carbonyl (C=O) groups excluding carboxylic acids is 1. The summed E-state index contributed by atoms with van der Waals surface area (Å²) < 4.78 is 5.94. The highest BCUT2D eigenvalue weighted by atomic mass is 16.5. The molecule has 0 saturated carbocycles. The minimum Gasteiger partial charge on any atom is -0.489 e. The molecule has 10 heteroatoms. The molecule has 0 bridgehead atoms. The van der Waals surface area contributed by atoms with E-state index in [1.165, 1.54) is 5.56 Å². The van der Waals surface area contributed by atoms with Gasteiger partial charge in [0.05, 0.1) is 11.9 Å². The SMILES string of the molecule is O=C(Nc1cccnc1)N1CCN(Cc2cccc(OCc3ccccc3)c2)CC1.O=C(O)C(=O)O. The number of rotatable bonds is 6. The fraction of sp³-hybridized carbons (Fsp3) is 0.231. The Morgan fingerprint density at radius 1 is 0.861 bits per heavy atom. The number of aliphatic carboxylic acids is 2. The number of hydrogen-bond donors (Lipinski definition) is 3. The van der Waals surface area contributed by atoms with Crippen LogP contribution in [0.5, 0.6) is 5.75 Å². The Hall–Kier alpha value is -4.44. The molecule has 0 atom stereocenters. The number of carboxylic acid groups (broad SMARTS) is 2. The normalized spacial score (nSPS) is 13.2. The monoisotopic (exact) mass is 492 g/mol. The lowest BCUT2D eigenvalue weighted by Gasteiger charge is -2.34. The first-order chi connectivity index (χ1) is 17.4. The van der Waals surface area contributed by atoms with Gasteiger partial charge in [0.15, 0.2) is 0 Å². The summed E-state index contributed by atoms with van der Waals surface area (Å²) in [6.07, 6.45) is 3.34. The lowest BCUT2D eigenvalue weighted by atomic mass is 10.2. The number of carbonyl (C=O) groups is 3. The van der Waals surface area contributed by atoms with Gasteiger partial charge in [-0.05, 0) is 35.4 Å². The summed E-state index contributed by atoms with van der Waals surface area (Å²) >= 11 is 0. The highest BCUT2D eigenvalue weighted by molar-refractivity contribution is 6.27. The Morgan fingerprint density at radius 3 is 2.19 bits per heavy atom. The number of hydrogen-bond acceptors (Lipinski definition) is 6. The van der Waals surface area contributed by atoms with Crippen molar-refractivity contribution in [3.63, 3.8) is 0 Å². The number of amides is 2. The third kappa shape index (κ3) is 8.73. The lowest BCUT2D eigenvalue weighted by Crippen LogP contribution is -2.49. The number of aromatic nitrogens is 1. The van der Waals surface area contributed by atoms with E-state index in [0.717, 1.165) is 36.6 Å². The van der Waals surface area contributed by atoms with Crippen molar-refractivity contribution in [2.24, 2.45) is 0 Å². The van der Waals surface area contributed by atoms with Gasteiger partial charge in [-0.2, -0.15) is 0 Å². The molecule has 0 unspecified atom stereocenters. The second-order valence-corrected chi connectivity index (χ2v) is 7.97. The Kier molecular flexibility index (Phi) is 9.78. The predicted molar refractivity (Wildman–Crippen MR) is 133 cm³/mol. The van der Waals surface area contributed by atoms with E-state index >= 15 is 0 Å². The van der Waals surface area contributed by atoms with Crippen LogP contribution in [0.3, 0.4) is 0 Å². The molecule has 4 rings (SSSR count). The van der Waals surface area contributed by atoms with Crippen LogP contribution in [-0.4, -0.2) is 69.1 Å². The van der Waals surface area contributed by atoms with Gasteiger partial charge in [-0.1, -0.05) is 42.5 Å². The van der Waals surface area contributed by atoms with E-state index in [-0.39, 0.29) is 6.03 Å². The number of carboxylic acids is 2. The van der Waals surface area contributed by atoms with Crippen LogP contribution in [0, 0.1) is 0 Å². The second kappa shape index (κ2) is 13.4. The van der Waals surface area contributed by atoms with Crippen LogP contribution in [0.15, 0.2) is 79.1 Å². The van der Waals surface area contributed by atoms with Gasteiger partial charge in [0, 0.05) is 38.9 Å². The zero-order valence-electron chi connectivity index (χ0n) is 19.6. The molecule has 1 aliphatic heterocycles. The molecular formula is C26H28N4O6. The summed E-state index contributed by atoms with van der Waals surface area (Å²) in [6.45, 7) is 4.51. The highest BCUT2D eigenvalue weighted by Crippen LogP contribution is 2.18. The first kappa shape index (κ1) is 26.2. The van der Waals surface area contributed by atoms with E-state index in [1.807, 2.05) is 47.4 Å². The van der Waals surface area contributed by atoms with Crippen molar-refractivity contribution in [3.05, 3.63) is 90.3 Å². The van der Waals surface area contributed by atoms with E-state index < -0.39 is 11.9 Å². The van der Waals surface area contributed by atoms with Gasteiger partial charge in [0.1, 0.15) is 12.4 Å². The second-order valence-electron chi connectivity index (χ2n) is 7.97. The summed E-state index contributed by atoms with van der Waals surface area (Å²) in [5.74, 6) is -2.77. The van der Waals surface area contributed by atoms with E-state index in [9.17, 15) is 4.79 Å². The summed E-state index contributed by atoms with van der Waals surface area (Å²) in [6, 6.07) is 22.0. The predicted octanol–water partition coefficient (Wildman–Crippen LogP) is 3.17. The van der Waals surface area contributed by atoms with E-state index in [2.05, 4.69) is 39.5 Å². The number of benzene rings is 2. The smallest absolute Gasteiger partial charge is 0.414 e. The van der Waals surface area contributed by atoms with Gasteiger partial charge < -0.3 is 25.2 Å². The number of nitrogens with one attached hydrogen (secondary N) is 1. The maximum absolute atomic E-state index is 12.4. The molecule has 3 N–H and O–H groups in total. The molecule has 2 heterocycles. The molecule has 188 valence electrons. The van der Waals surface area contributed by atoms with Gasteiger partial charge in [0.25, 0.3) is 0 Å². The Bertz CT molecular complexity index is 1120. The van der Waals surface area contributed by atoms with Gasteiger partial charge in [-0.3, -0.25) is 9.88 Å².